The van der Waals surface area contributed by atoms with Crippen molar-refractivity contribution in [2.45, 2.75) is 52.5 Å². The highest BCUT2D eigenvalue weighted by Gasteiger charge is 2.19. The van der Waals surface area contributed by atoms with E-state index in [0.29, 0.717) is 25.3 Å². The molecule has 1 aromatic heterocycles. The zero-order valence-corrected chi connectivity index (χ0v) is 23.6. The minimum atomic E-state index is -0.0949. The molecule has 4 aromatic rings. The Morgan fingerprint density at radius 3 is 2.31 bits per heavy atom. The average Bonchev–Trinajstić information content (AvgIpc) is 3.27. The summed E-state index contributed by atoms with van der Waals surface area (Å²) in [7, 11) is 1.62. The summed E-state index contributed by atoms with van der Waals surface area (Å²) in [5, 5.41) is 8.88. The lowest BCUT2D eigenvalue weighted by Gasteiger charge is -2.23. The highest BCUT2D eigenvalue weighted by atomic mass is 16.5. The molecule has 0 spiro atoms. The normalized spacial score (nSPS) is 11.2. The molecular formula is C32H37N3O4. The highest BCUT2D eigenvalue weighted by molar-refractivity contribution is 5.98. The van der Waals surface area contributed by atoms with Gasteiger partial charge in [0.15, 0.2) is 0 Å². The van der Waals surface area contributed by atoms with E-state index in [4.69, 9.17) is 19.4 Å². The fourth-order valence-electron chi connectivity index (χ4n) is 4.61. The molecule has 0 fully saturated rings. The molecule has 0 aliphatic heterocycles. The summed E-state index contributed by atoms with van der Waals surface area (Å²) in [4.78, 5) is 28.8. The van der Waals surface area contributed by atoms with Crippen molar-refractivity contribution < 1.29 is 19.1 Å². The number of ether oxygens (including phenoxy) is 1. The summed E-state index contributed by atoms with van der Waals surface area (Å²) in [6.07, 6.45) is 0.250. The van der Waals surface area contributed by atoms with Gasteiger partial charge in [-0.3, -0.25) is 9.48 Å². The van der Waals surface area contributed by atoms with E-state index >= 15 is 0 Å². The Labute approximate surface area is 230 Å². The maximum Gasteiger partial charge on any atom is 0.373 e. The number of fused-ring (bicyclic) bond motifs is 1. The van der Waals surface area contributed by atoms with Crippen molar-refractivity contribution >= 4 is 23.0 Å². The first-order chi connectivity index (χ1) is 18.6. The maximum atomic E-state index is 12.6. The highest BCUT2D eigenvalue weighted by Crippen LogP contribution is 2.33. The fourth-order valence-corrected chi connectivity index (χ4v) is 4.61. The SMILES string of the molecule is COCCNC(=O)c1ccc2c(c1)c(C(C)C)nn2Cc1ccc(-c2ccccc2C(C)(C)C)cc1.O=C=O. The number of methoxy groups -OCH3 is 1. The van der Waals surface area contributed by atoms with Crippen molar-refractivity contribution in [3.05, 3.63) is 89.1 Å². The van der Waals surface area contributed by atoms with Gasteiger partial charge in [-0.2, -0.15) is 14.7 Å². The van der Waals surface area contributed by atoms with E-state index < -0.39 is 0 Å². The molecule has 0 bridgehead atoms. The first kappa shape index (κ1) is 29.5. The van der Waals surface area contributed by atoms with Crippen LogP contribution in [0.25, 0.3) is 22.0 Å². The van der Waals surface area contributed by atoms with E-state index in [1.807, 2.05) is 18.2 Å². The molecular weight excluding hydrogens is 490 g/mol. The lowest BCUT2D eigenvalue weighted by atomic mass is 9.82. The summed E-state index contributed by atoms with van der Waals surface area (Å²) in [5.41, 5.74) is 7.80. The van der Waals surface area contributed by atoms with Crippen LogP contribution in [0.1, 0.15) is 67.7 Å². The standard InChI is InChI=1S/C31H37N3O2.CO2/c1-21(2)29-26-19-24(30(35)32-17-18-36-6)15-16-28(26)34(33-29)20-22-11-13-23(14-12-22)25-9-7-8-10-27(25)31(3,4)5;2-1-3/h7-16,19,21H,17-18,20H2,1-6H3,(H,32,35);. The van der Waals surface area contributed by atoms with Crippen LogP contribution in [0.5, 0.6) is 0 Å². The van der Waals surface area contributed by atoms with Gasteiger partial charge in [-0.1, -0.05) is 83.1 Å². The van der Waals surface area contributed by atoms with Crippen LogP contribution in [0.2, 0.25) is 0 Å². The molecule has 3 aromatic carbocycles. The van der Waals surface area contributed by atoms with Crippen molar-refractivity contribution in [3.8, 4) is 11.1 Å². The third-order valence-corrected chi connectivity index (χ3v) is 6.51. The molecule has 0 atom stereocenters. The van der Waals surface area contributed by atoms with Gasteiger partial charge in [0.2, 0.25) is 0 Å². The number of nitrogens with one attached hydrogen (secondary N) is 1. The lowest BCUT2D eigenvalue weighted by Crippen LogP contribution is -2.26. The van der Waals surface area contributed by atoms with Crippen LogP contribution in [0, 0.1) is 0 Å². The fraction of sp³-hybridized carbons (Fsp3) is 0.344. The van der Waals surface area contributed by atoms with Crippen LogP contribution in [-0.4, -0.2) is 42.1 Å². The second-order valence-electron chi connectivity index (χ2n) is 10.8. The Bertz CT molecular complexity index is 1440. The van der Waals surface area contributed by atoms with Crippen LogP contribution < -0.4 is 5.32 Å². The average molecular weight is 528 g/mol. The number of rotatable bonds is 8. The van der Waals surface area contributed by atoms with Crippen molar-refractivity contribution in [3.63, 3.8) is 0 Å². The van der Waals surface area contributed by atoms with Crippen LogP contribution in [0.4, 0.5) is 0 Å². The zero-order valence-electron chi connectivity index (χ0n) is 23.6. The molecule has 39 heavy (non-hydrogen) atoms. The first-order valence-electron chi connectivity index (χ1n) is 13.1. The minimum Gasteiger partial charge on any atom is -0.383 e. The van der Waals surface area contributed by atoms with Gasteiger partial charge in [0.1, 0.15) is 0 Å². The number of carbonyl (C=O) groups is 1. The summed E-state index contributed by atoms with van der Waals surface area (Å²) in [6.45, 7) is 12.7. The van der Waals surface area contributed by atoms with Crippen molar-refractivity contribution in [2.75, 3.05) is 20.3 Å². The third-order valence-electron chi connectivity index (χ3n) is 6.51. The Hall–Kier alpha value is -4.06. The predicted octanol–water partition coefficient (Wildman–Crippen LogP) is 5.97. The van der Waals surface area contributed by atoms with Gasteiger partial charge >= 0.3 is 6.15 Å². The van der Waals surface area contributed by atoms with Gasteiger partial charge < -0.3 is 10.1 Å². The van der Waals surface area contributed by atoms with Crippen LogP contribution in [0.3, 0.4) is 0 Å². The van der Waals surface area contributed by atoms with Gasteiger partial charge in [0, 0.05) is 24.6 Å². The van der Waals surface area contributed by atoms with Crippen LogP contribution >= 0.6 is 0 Å². The molecule has 4 rings (SSSR count). The second-order valence-corrected chi connectivity index (χ2v) is 10.8. The number of carbonyl (C=O) groups excluding carboxylic acids is 3. The zero-order chi connectivity index (χ0) is 28.6. The molecule has 7 nitrogen and oxygen atoms in total. The number of aromatic nitrogens is 2. The van der Waals surface area contributed by atoms with Gasteiger partial charge in [-0.05, 0) is 51.8 Å². The Morgan fingerprint density at radius 1 is 1.03 bits per heavy atom. The Kier molecular flexibility index (Phi) is 9.94. The second kappa shape index (κ2) is 13.1. The molecule has 1 heterocycles. The molecule has 0 radical (unpaired) electrons. The van der Waals surface area contributed by atoms with E-state index in [0.717, 1.165) is 16.6 Å². The monoisotopic (exact) mass is 527 g/mol. The maximum absolute atomic E-state index is 12.6. The summed E-state index contributed by atoms with van der Waals surface area (Å²) >= 11 is 0. The van der Waals surface area contributed by atoms with Crippen molar-refractivity contribution in [1.82, 2.24) is 15.1 Å². The molecule has 0 saturated heterocycles. The number of amides is 1. The van der Waals surface area contributed by atoms with Crippen molar-refractivity contribution in [1.29, 1.82) is 0 Å². The molecule has 1 amide bonds. The van der Waals surface area contributed by atoms with E-state index in [2.05, 4.69) is 93.1 Å². The molecule has 0 aliphatic carbocycles. The van der Waals surface area contributed by atoms with Gasteiger partial charge in [-0.15, -0.1) is 0 Å². The van der Waals surface area contributed by atoms with Gasteiger partial charge in [0.25, 0.3) is 5.91 Å². The van der Waals surface area contributed by atoms with E-state index in [1.165, 1.54) is 22.3 Å². The summed E-state index contributed by atoms with van der Waals surface area (Å²) < 4.78 is 7.08. The van der Waals surface area contributed by atoms with E-state index in [-0.39, 0.29) is 23.4 Å². The molecule has 0 aliphatic rings. The van der Waals surface area contributed by atoms with Crippen molar-refractivity contribution in [2.24, 2.45) is 0 Å². The topological polar surface area (TPSA) is 90.3 Å². The molecule has 1 N–H and O–H groups in total. The molecule has 0 unspecified atom stereocenters. The Balaban J connectivity index is 0.00000134. The number of nitrogens with zero attached hydrogens (tertiary/aromatic N) is 2. The number of hydrogen-bond donors (Lipinski definition) is 1. The van der Waals surface area contributed by atoms with Crippen LogP contribution in [0.15, 0.2) is 66.7 Å². The van der Waals surface area contributed by atoms with Gasteiger partial charge in [-0.25, -0.2) is 0 Å². The molecule has 204 valence electrons. The van der Waals surface area contributed by atoms with Gasteiger partial charge in [0.05, 0.1) is 24.4 Å². The molecule has 0 saturated carbocycles. The number of hydrogen-bond acceptors (Lipinski definition) is 5. The summed E-state index contributed by atoms with van der Waals surface area (Å²) in [5.74, 6) is 0.152. The largest absolute Gasteiger partial charge is 0.383 e. The number of benzene rings is 3. The van der Waals surface area contributed by atoms with E-state index in [9.17, 15) is 4.79 Å². The minimum absolute atomic E-state index is 0.0794. The smallest absolute Gasteiger partial charge is 0.373 e. The van der Waals surface area contributed by atoms with Crippen LogP contribution in [-0.2, 0) is 26.3 Å². The third kappa shape index (κ3) is 7.29. The molecule has 7 heteroatoms. The summed E-state index contributed by atoms with van der Waals surface area (Å²) in [6, 6.07) is 23.3. The first-order valence-corrected chi connectivity index (χ1v) is 13.1. The lowest BCUT2D eigenvalue weighted by molar-refractivity contribution is -0.191. The van der Waals surface area contributed by atoms with E-state index in [1.54, 1.807) is 7.11 Å². The quantitative estimate of drug-likeness (QED) is 0.285. The Morgan fingerprint density at radius 2 is 1.69 bits per heavy atom. The predicted molar refractivity (Wildman–Crippen MR) is 153 cm³/mol.